The molecule has 0 atom stereocenters. The summed E-state index contributed by atoms with van der Waals surface area (Å²) in [6.07, 6.45) is 0. The van der Waals surface area contributed by atoms with Gasteiger partial charge in [-0.15, -0.1) is 0 Å². The fraction of sp³-hybridized carbons (Fsp3) is 0.500. The second-order valence-corrected chi connectivity index (χ2v) is 0.492. The fourth-order valence-corrected chi connectivity index (χ4v) is 0. The molecule has 0 saturated carbocycles. The number of carbonyl (C=O) groups excluding carboxylic acids is 1. The molecule has 0 aliphatic carbocycles. The van der Waals surface area contributed by atoms with Crippen LogP contribution in [0, 0.1) is 0 Å². The van der Waals surface area contributed by atoms with Crippen LogP contribution in [0.4, 0.5) is 0 Å². The summed E-state index contributed by atoms with van der Waals surface area (Å²) >= 11 is 0. The van der Waals surface area contributed by atoms with Crippen molar-refractivity contribution in [3.05, 3.63) is 0 Å². The Morgan fingerprint density at radius 3 is 1.00 bits per heavy atom. The molecule has 8 heteroatoms. The summed E-state index contributed by atoms with van der Waals surface area (Å²) < 4.78 is 0. The molecule has 0 rings (SSSR count). The predicted octanol–water partition coefficient (Wildman–Crippen LogP) is -5.75. The van der Waals surface area contributed by atoms with Crippen molar-refractivity contribution in [3.8, 4) is 0 Å². The monoisotopic (exact) mass is 189 g/mol. The largest absolute Gasteiger partial charge is 2.00 e. The van der Waals surface area contributed by atoms with E-state index in [1.54, 1.807) is 0 Å². The molecular weight excluding hydrogens is 176 g/mol. The van der Waals surface area contributed by atoms with Crippen molar-refractivity contribution in [2.24, 2.45) is 0 Å². The molecule has 0 fully saturated rings. The van der Waals surface area contributed by atoms with Gasteiger partial charge in [-0.05, 0) is 6.92 Å². The Labute approximate surface area is 87.6 Å². The Hall–Kier alpha value is 0.530. The van der Waals surface area contributed by atoms with E-state index in [1.807, 2.05) is 0 Å². The average Bonchev–Trinajstić information content (AvgIpc) is 0.811. The van der Waals surface area contributed by atoms with Crippen LogP contribution >= 0.6 is 0 Å². The summed E-state index contributed by atoms with van der Waals surface area (Å²) in [5.41, 5.74) is 0. The molecule has 7 nitrogen and oxygen atoms in total. The average molecular weight is 189 g/mol. The zero-order valence-electron chi connectivity index (χ0n) is 5.52. The van der Waals surface area contributed by atoms with Gasteiger partial charge in [0.05, 0.1) is 0 Å². The first kappa shape index (κ1) is 76.8. The van der Waals surface area contributed by atoms with Gasteiger partial charge >= 0.3 is 37.7 Å². The predicted molar refractivity (Wildman–Crippen MR) is 34.5 cm³/mol. The third-order valence-corrected chi connectivity index (χ3v) is 0. The van der Waals surface area contributed by atoms with E-state index >= 15 is 0 Å². The van der Waals surface area contributed by atoms with Crippen molar-refractivity contribution in [2.45, 2.75) is 6.92 Å². The molecule has 0 heterocycles. The standard InChI is InChI=1S/C2H4O2.Ca.5H2O/c1-2(3)4;;;;;;/h1H3,(H,3,4);;5*1H2/q;+2;;;;;/p-1. The number of aliphatic carboxylic acids is 1. The van der Waals surface area contributed by atoms with E-state index in [4.69, 9.17) is 9.90 Å². The third-order valence-electron chi connectivity index (χ3n) is 0. The van der Waals surface area contributed by atoms with Gasteiger partial charge in [0, 0.05) is 5.97 Å². The van der Waals surface area contributed by atoms with E-state index < -0.39 is 5.97 Å². The van der Waals surface area contributed by atoms with E-state index in [9.17, 15) is 0 Å². The van der Waals surface area contributed by atoms with Gasteiger partial charge in [-0.25, -0.2) is 0 Å². The summed E-state index contributed by atoms with van der Waals surface area (Å²) in [6.45, 7) is 0.972. The van der Waals surface area contributed by atoms with Crippen LogP contribution in [0.15, 0.2) is 0 Å². The first-order valence-corrected chi connectivity index (χ1v) is 0.908. The summed E-state index contributed by atoms with van der Waals surface area (Å²) in [6, 6.07) is 0. The number of hydrogen-bond donors (Lipinski definition) is 0. The maximum absolute atomic E-state index is 8.89. The van der Waals surface area contributed by atoms with Crippen molar-refractivity contribution < 1.29 is 37.3 Å². The molecular formula is C2H13CaO7+. The van der Waals surface area contributed by atoms with Gasteiger partial charge in [0.15, 0.2) is 0 Å². The minimum absolute atomic E-state index is 0. The quantitative estimate of drug-likeness (QED) is 0.342. The Kier molecular flexibility index (Phi) is 427. The van der Waals surface area contributed by atoms with Gasteiger partial charge in [0.1, 0.15) is 0 Å². The molecule has 0 amide bonds. The molecule has 0 aliphatic rings. The Bertz CT molecular complexity index is 34.6. The van der Waals surface area contributed by atoms with E-state index in [1.165, 1.54) is 0 Å². The molecule has 64 valence electrons. The molecule has 10 heavy (non-hydrogen) atoms. The van der Waals surface area contributed by atoms with Gasteiger partial charge < -0.3 is 37.3 Å². The SMILES string of the molecule is CC(=O)[O-].O.O.O.O.O.[Ca+2]. The third kappa shape index (κ3) is 1720. The summed E-state index contributed by atoms with van der Waals surface area (Å²) in [5, 5.41) is 8.89. The number of carboxylic acid groups (broad SMARTS) is 1. The van der Waals surface area contributed by atoms with E-state index in [0.29, 0.717) is 0 Å². The molecule has 0 bridgehead atoms. The van der Waals surface area contributed by atoms with Crippen molar-refractivity contribution in [1.82, 2.24) is 0 Å². The first-order valence-electron chi connectivity index (χ1n) is 0.908. The van der Waals surface area contributed by atoms with Gasteiger partial charge in [-0.3, -0.25) is 0 Å². The Morgan fingerprint density at radius 1 is 1.00 bits per heavy atom. The maximum atomic E-state index is 8.89. The molecule has 0 radical (unpaired) electrons. The zero-order chi connectivity index (χ0) is 3.58. The van der Waals surface area contributed by atoms with Crippen LogP contribution in [0.25, 0.3) is 0 Å². The van der Waals surface area contributed by atoms with Crippen LogP contribution in [0.1, 0.15) is 6.92 Å². The molecule has 0 aromatic carbocycles. The van der Waals surface area contributed by atoms with Crippen molar-refractivity contribution in [2.75, 3.05) is 0 Å². The second-order valence-electron chi connectivity index (χ2n) is 0.492. The van der Waals surface area contributed by atoms with E-state index in [2.05, 4.69) is 0 Å². The summed E-state index contributed by atoms with van der Waals surface area (Å²) in [4.78, 5) is 8.89. The number of hydrogen-bond acceptors (Lipinski definition) is 2. The van der Waals surface area contributed by atoms with Crippen LogP contribution < -0.4 is 5.11 Å². The smallest absolute Gasteiger partial charge is 0.550 e. The topological polar surface area (TPSA) is 198 Å². The van der Waals surface area contributed by atoms with Crippen LogP contribution in [0.2, 0.25) is 0 Å². The molecule has 10 N–H and O–H groups in total. The van der Waals surface area contributed by atoms with Gasteiger partial charge in [0.2, 0.25) is 0 Å². The molecule has 0 aromatic heterocycles. The number of rotatable bonds is 0. The maximum Gasteiger partial charge on any atom is 2.00 e. The Morgan fingerprint density at radius 2 is 1.00 bits per heavy atom. The van der Waals surface area contributed by atoms with Crippen LogP contribution in [-0.2, 0) is 4.79 Å². The van der Waals surface area contributed by atoms with Gasteiger partial charge in [-0.1, -0.05) is 0 Å². The molecule has 0 saturated heterocycles. The minimum atomic E-state index is -1.08. The second kappa shape index (κ2) is 55.7. The van der Waals surface area contributed by atoms with Crippen molar-refractivity contribution in [3.63, 3.8) is 0 Å². The zero-order valence-corrected chi connectivity index (χ0v) is 7.73. The first-order chi connectivity index (χ1) is 1.73. The summed E-state index contributed by atoms with van der Waals surface area (Å²) in [7, 11) is 0. The van der Waals surface area contributed by atoms with Crippen LogP contribution in [0.3, 0.4) is 0 Å². The van der Waals surface area contributed by atoms with Crippen LogP contribution in [-0.4, -0.2) is 71.1 Å². The van der Waals surface area contributed by atoms with Crippen molar-refractivity contribution >= 4 is 43.7 Å². The Balaban J connectivity index is -0.00000000300. The molecule has 0 aromatic rings. The summed E-state index contributed by atoms with van der Waals surface area (Å²) in [5.74, 6) is -1.08. The van der Waals surface area contributed by atoms with Gasteiger partial charge in [0.25, 0.3) is 0 Å². The number of carboxylic acids is 1. The van der Waals surface area contributed by atoms with Crippen LogP contribution in [0.5, 0.6) is 0 Å². The van der Waals surface area contributed by atoms with Gasteiger partial charge in [-0.2, -0.15) is 0 Å². The molecule has 0 unspecified atom stereocenters. The van der Waals surface area contributed by atoms with E-state index in [0.717, 1.165) is 6.92 Å². The molecule has 0 spiro atoms. The minimum Gasteiger partial charge on any atom is -0.550 e. The van der Waals surface area contributed by atoms with Crippen molar-refractivity contribution in [1.29, 1.82) is 0 Å². The molecule has 0 aliphatic heterocycles. The number of carbonyl (C=O) groups is 1. The van der Waals surface area contributed by atoms with E-state index in [-0.39, 0.29) is 65.1 Å². The fourth-order valence-electron chi connectivity index (χ4n) is 0. The normalized spacial score (nSPS) is 2.50.